The summed E-state index contributed by atoms with van der Waals surface area (Å²) in [5.74, 6) is 1.65. The first-order valence-corrected chi connectivity index (χ1v) is 2.73. The average Bonchev–Trinajstić information content (AvgIpc) is 2.24. The Bertz CT molecular complexity index is 200. The molecule has 0 fully saturated rings. The van der Waals surface area contributed by atoms with Gasteiger partial charge in [-0.25, -0.2) is 4.79 Å². The molecule has 4 nitrogen and oxygen atoms in total. The monoisotopic (exact) mass is 236 g/mol. The minimum atomic E-state index is 0. The van der Waals surface area contributed by atoms with E-state index in [1.165, 1.54) is 6.08 Å². The quantitative estimate of drug-likeness (QED) is 0.221. The Balaban J connectivity index is -0.0000000332. The van der Waals surface area contributed by atoms with E-state index in [0.717, 1.165) is 5.57 Å². The molecule has 0 aromatic rings. The van der Waals surface area contributed by atoms with Gasteiger partial charge in [0.2, 0.25) is 0 Å². The number of hydrogen-bond donors (Lipinski definition) is 0. The van der Waals surface area contributed by atoms with E-state index in [1.54, 1.807) is 12.0 Å². The van der Waals surface area contributed by atoms with Crippen LogP contribution in [0.15, 0.2) is 17.7 Å². The molecule has 0 aromatic heterocycles. The van der Waals surface area contributed by atoms with Crippen molar-refractivity contribution in [1.82, 2.24) is 0 Å². The average molecular weight is 236 g/mol. The minimum absolute atomic E-state index is 0. The van der Waals surface area contributed by atoms with Crippen LogP contribution in [0.2, 0.25) is 0 Å². The largest absolute Gasteiger partial charge is 0 e. The van der Waals surface area contributed by atoms with E-state index < -0.39 is 0 Å². The van der Waals surface area contributed by atoms with Gasteiger partial charge in [0.25, 0.3) is 0 Å². The third-order valence-corrected chi connectivity index (χ3v) is 0.485. The first-order valence-electron chi connectivity index (χ1n) is 2.73. The Morgan fingerprint density at radius 2 is 1.36 bits per heavy atom. The molecule has 0 heterocycles. The summed E-state index contributed by atoms with van der Waals surface area (Å²) in [6.45, 7) is 17.3. The van der Waals surface area contributed by atoms with Crippen LogP contribution in [0.5, 0.6) is 0 Å². The van der Waals surface area contributed by atoms with Gasteiger partial charge in [0.15, 0.2) is 0 Å². The van der Waals surface area contributed by atoms with Crippen molar-refractivity contribution < 1.29 is 35.8 Å². The molecule has 0 radical (unpaired) electrons. The normalized spacial score (nSPS) is 3.71. The number of rotatable bonds is 1. The summed E-state index contributed by atoms with van der Waals surface area (Å²) in [6.07, 6.45) is 3.07. The molecule has 0 aliphatic heterocycles. The fourth-order valence-electron chi connectivity index (χ4n) is 0.201. The van der Waals surface area contributed by atoms with Crippen LogP contribution in [-0.2, 0) is 35.8 Å². The first kappa shape index (κ1) is 29.3. The zero-order valence-corrected chi connectivity index (χ0v) is 8.75. The SMILES string of the molecule is CC(C)=CC=C=O.[C-]#[O+].[C-]#[O+].[C-]#[O+].[Fe]. The van der Waals surface area contributed by atoms with Gasteiger partial charge in [0.05, 0.1) is 0 Å². The first-order chi connectivity index (χ1) is 6.27. The molecular formula is C9H8FeO4. The molecular weight excluding hydrogens is 228 g/mol. The van der Waals surface area contributed by atoms with Gasteiger partial charge in [-0.1, -0.05) is 11.6 Å². The maximum Gasteiger partial charge on any atom is 0 e. The van der Waals surface area contributed by atoms with Crippen molar-refractivity contribution in [2.45, 2.75) is 13.8 Å². The smallest absolute Gasteiger partial charge is 0 e. The predicted octanol–water partition coefficient (Wildman–Crippen LogP) is 1.23. The maximum absolute atomic E-state index is 9.48. The van der Waals surface area contributed by atoms with Crippen LogP contribution in [0.25, 0.3) is 0 Å². The fourth-order valence-corrected chi connectivity index (χ4v) is 0.201. The molecule has 0 unspecified atom stereocenters. The van der Waals surface area contributed by atoms with E-state index >= 15 is 0 Å². The summed E-state index contributed by atoms with van der Waals surface area (Å²) < 4.78 is 22.5. The molecule has 0 atom stereocenters. The molecule has 0 aromatic carbocycles. The van der Waals surface area contributed by atoms with Crippen LogP contribution in [-0.4, -0.2) is 5.94 Å². The molecule has 0 saturated heterocycles. The van der Waals surface area contributed by atoms with Crippen LogP contribution in [0.3, 0.4) is 0 Å². The summed E-state index contributed by atoms with van der Waals surface area (Å²) in [4.78, 5) is 9.48. The molecule has 76 valence electrons. The van der Waals surface area contributed by atoms with Gasteiger partial charge in [-0.05, 0) is 13.8 Å². The van der Waals surface area contributed by atoms with E-state index in [0.29, 0.717) is 0 Å². The van der Waals surface area contributed by atoms with Gasteiger partial charge in [0, 0.05) is 23.1 Å². The van der Waals surface area contributed by atoms with Crippen molar-refractivity contribution in [3.05, 3.63) is 37.7 Å². The third kappa shape index (κ3) is 126. The number of hydrogen-bond acceptors (Lipinski definition) is 1. The summed E-state index contributed by atoms with van der Waals surface area (Å²) in [5, 5.41) is 0. The van der Waals surface area contributed by atoms with E-state index in [4.69, 9.17) is 14.0 Å². The second kappa shape index (κ2) is 58.6. The zero-order valence-electron chi connectivity index (χ0n) is 7.64. The predicted molar refractivity (Wildman–Crippen MR) is 41.5 cm³/mol. The molecule has 0 amide bonds. The van der Waals surface area contributed by atoms with E-state index in [1.807, 2.05) is 13.8 Å². The second-order valence-corrected chi connectivity index (χ2v) is 1.53. The van der Waals surface area contributed by atoms with E-state index in [-0.39, 0.29) is 17.1 Å². The van der Waals surface area contributed by atoms with E-state index in [9.17, 15) is 4.79 Å². The number of allylic oxidation sites excluding steroid dienone is 3. The van der Waals surface area contributed by atoms with Crippen LogP contribution in [0.4, 0.5) is 0 Å². The van der Waals surface area contributed by atoms with Crippen LogP contribution >= 0.6 is 0 Å². The molecule has 0 bridgehead atoms. The zero-order chi connectivity index (χ0) is 11.7. The Kier molecular flexibility index (Phi) is 123. The van der Waals surface area contributed by atoms with Gasteiger partial charge in [0.1, 0.15) is 5.94 Å². The summed E-state index contributed by atoms with van der Waals surface area (Å²) >= 11 is 0. The Morgan fingerprint density at radius 1 is 1.07 bits per heavy atom. The summed E-state index contributed by atoms with van der Waals surface area (Å²) in [7, 11) is 0. The van der Waals surface area contributed by atoms with Crippen LogP contribution in [0, 0.1) is 20.0 Å². The van der Waals surface area contributed by atoms with Gasteiger partial charge in [-0.3, -0.25) is 0 Å². The molecule has 0 rings (SSSR count). The molecule has 0 aliphatic rings. The van der Waals surface area contributed by atoms with Crippen molar-refractivity contribution in [3.8, 4) is 0 Å². The molecule has 0 N–H and O–H groups in total. The maximum atomic E-state index is 9.48. The fraction of sp³-hybridized carbons (Fsp3) is 0.222. The standard InChI is InChI=1S/C6H8O.3CO.Fe/c1-6(2)4-3-5-7;3*1-2;/h3-4H,1-2H3;;;;. The van der Waals surface area contributed by atoms with Gasteiger partial charge in [-0.2, -0.15) is 0 Å². The summed E-state index contributed by atoms with van der Waals surface area (Å²) in [6, 6.07) is 0. The van der Waals surface area contributed by atoms with Crippen molar-refractivity contribution in [1.29, 1.82) is 0 Å². The van der Waals surface area contributed by atoms with E-state index in [2.05, 4.69) is 20.0 Å². The molecule has 0 saturated carbocycles. The summed E-state index contributed by atoms with van der Waals surface area (Å²) in [5.41, 5.74) is 1.11. The third-order valence-electron chi connectivity index (χ3n) is 0.485. The Labute approximate surface area is 93.7 Å². The van der Waals surface area contributed by atoms with Gasteiger partial charge in [-0.15, -0.1) is 0 Å². The van der Waals surface area contributed by atoms with Crippen molar-refractivity contribution in [3.63, 3.8) is 0 Å². The second-order valence-electron chi connectivity index (χ2n) is 1.53. The number of carbonyl (C=O) groups excluding carboxylic acids is 1. The molecule has 0 spiro atoms. The topological polar surface area (TPSA) is 76.8 Å². The minimum Gasteiger partial charge on any atom is 0 e. The molecule has 14 heavy (non-hydrogen) atoms. The van der Waals surface area contributed by atoms with Gasteiger partial charge < -0.3 is 0 Å². The Hall–Kier alpha value is -1.07. The molecule has 5 heteroatoms. The van der Waals surface area contributed by atoms with Crippen molar-refractivity contribution >= 4 is 5.94 Å². The van der Waals surface area contributed by atoms with Crippen LogP contribution in [0.1, 0.15) is 13.8 Å². The Morgan fingerprint density at radius 3 is 1.43 bits per heavy atom. The van der Waals surface area contributed by atoms with Gasteiger partial charge >= 0.3 is 33.9 Å². The van der Waals surface area contributed by atoms with Crippen molar-refractivity contribution in [2.75, 3.05) is 0 Å². The molecule has 0 aliphatic carbocycles. The van der Waals surface area contributed by atoms with Crippen molar-refractivity contribution in [2.24, 2.45) is 0 Å². The van der Waals surface area contributed by atoms with Crippen LogP contribution < -0.4 is 0 Å².